The molecule has 0 bridgehead atoms. The molecule has 112 valence electrons. The van der Waals surface area contributed by atoms with Crippen molar-refractivity contribution in [3.05, 3.63) is 65.7 Å². The van der Waals surface area contributed by atoms with Crippen LogP contribution in [0.4, 0.5) is 0 Å². The lowest BCUT2D eigenvalue weighted by molar-refractivity contribution is 0.494. The number of rotatable bonds is 5. The first-order valence-corrected chi connectivity index (χ1v) is 8.88. The van der Waals surface area contributed by atoms with Gasteiger partial charge in [0.05, 0.1) is 4.90 Å². The third-order valence-electron chi connectivity index (χ3n) is 3.61. The van der Waals surface area contributed by atoms with Crippen LogP contribution in [0.25, 0.3) is 0 Å². The molecule has 21 heavy (non-hydrogen) atoms. The lowest BCUT2D eigenvalue weighted by Crippen LogP contribution is -2.22. The number of sulfone groups is 1. The molecular formula is C17H21NO2S. The minimum atomic E-state index is -3.13. The van der Waals surface area contributed by atoms with E-state index < -0.39 is 9.84 Å². The Hall–Kier alpha value is -1.65. The summed E-state index contributed by atoms with van der Waals surface area (Å²) in [5.41, 5.74) is 2.31. The summed E-state index contributed by atoms with van der Waals surface area (Å²) in [5.74, 6) is 0. The molecule has 0 aromatic heterocycles. The molecule has 0 saturated carbocycles. The quantitative estimate of drug-likeness (QED) is 0.919. The molecule has 0 saturated heterocycles. The van der Waals surface area contributed by atoms with Gasteiger partial charge in [-0.15, -0.1) is 0 Å². The van der Waals surface area contributed by atoms with Crippen LogP contribution in [-0.2, 0) is 9.84 Å². The van der Waals surface area contributed by atoms with Crippen molar-refractivity contribution in [1.29, 1.82) is 0 Å². The Labute approximate surface area is 126 Å². The van der Waals surface area contributed by atoms with E-state index in [0.29, 0.717) is 4.90 Å². The maximum atomic E-state index is 11.5. The lowest BCUT2D eigenvalue weighted by Gasteiger charge is -2.21. The second-order valence-electron chi connectivity index (χ2n) is 5.36. The summed E-state index contributed by atoms with van der Waals surface area (Å²) < 4.78 is 22.9. The first-order chi connectivity index (χ1) is 9.88. The fourth-order valence-corrected chi connectivity index (χ4v) is 2.94. The molecule has 0 amide bonds. The smallest absolute Gasteiger partial charge is 0.175 e. The van der Waals surface area contributed by atoms with E-state index in [-0.39, 0.29) is 12.1 Å². The summed E-state index contributed by atoms with van der Waals surface area (Å²) in [6.07, 6.45) is 1.22. The zero-order chi connectivity index (χ0) is 15.5. The highest BCUT2D eigenvalue weighted by atomic mass is 32.2. The average Bonchev–Trinajstić information content (AvgIpc) is 2.47. The topological polar surface area (TPSA) is 46.2 Å². The van der Waals surface area contributed by atoms with Gasteiger partial charge < -0.3 is 5.32 Å². The molecule has 2 aromatic carbocycles. The van der Waals surface area contributed by atoms with Crippen LogP contribution < -0.4 is 5.32 Å². The van der Waals surface area contributed by atoms with Crippen LogP contribution in [-0.4, -0.2) is 14.7 Å². The normalized spacial score (nSPS) is 14.6. The maximum Gasteiger partial charge on any atom is 0.175 e. The Bertz CT molecular complexity index is 678. The van der Waals surface area contributed by atoms with Gasteiger partial charge >= 0.3 is 0 Å². The van der Waals surface area contributed by atoms with Crippen molar-refractivity contribution in [2.45, 2.75) is 30.8 Å². The van der Waals surface area contributed by atoms with E-state index in [4.69, 9.17) is 0 Å². The van der Waals surface area contributed by atoms with Crippen LogP contribution in [0.2, 0.25) is 0 Å². The second-order valence-corrected chi connectivity index (χ2v) is 7.38. The minimum Gasteiger partial charge on any atom is -0.304 e. The van der Waals surface area contributed by atoms with Gasteiger partial charge in [-0.2, -0.15) is 0 Å². The van der Waals surface area contributed by atoms with E-state index in [1.807, 2.05) is 30.3 Å². The van der Waals surface area contributed by atoms with Crippen LogP contribution in [0.1, 0.15) is 37.1 Å². The van der Waals surface area contributed by atoms with E-state index in [2.05, 4.69) is 31.3 Å². The Kier molecular flexibility index (Phi) is 4.80. The third-order valence-corrected chi connectivity index (χ3v) is 4.74. The van der Waals surface area contributed by atoms with Gasteiger partial charge in [0.1, 0.15) is 0 Å². The molecule has 1 unspecified atom stereocenters. The summed E-state index contributed by atoms with van der Waals surface area (Å²) in [6.45, 7) is 4.20. The molecule has 0 aliphatic heterocycles. The van der Waals surface area contributed by atoms with Gasteiger partial charge in [-0.3, -0.25) is 0 Å². The monoisotopic (exact) mass is 303 g/mol. The highest BCUT2D eigenvalue weighted by Crippen LogP contribution is 2.20. The van der Waals surface area contributed by atoms with Crippen molar-refractivity contribution in [2.75, 3.05) is 6.26 Å². The lowest BCUT2D eigenvalue weighted by atomic mass is 10.0. The maximum absolute atomic E-state index is 11.5. The Balaban J connectivity index is 2.08. The summed E-state index contributed by atoms with van der Waals surface area (Å²) >= 11 is 0. The second kappa shape index (κ2) is 6.41. The fourth-order valence-electron chi connectivity index (χ4n) is 2.31. The number of benzene rings is 2. The Morgan fingerprint density at radius 3 is 1.76 bits per heavy atom. The van der Waals surface area contributed by atoms with Gasteiger partial charge in [-0.05, 0) is 37.1 Å². The van der Waals surface area contributed by atoms with Crippen molar-refractivity contribution < 1.29 is 8.42 Å². The van der Waals surface area contributed by atoms with Gasteiger partial charge in [0.15, 0.2) is 9.84 Å². The first kappa shape index (κ1) is 15.7. The van der Waals surface area contributed by atoms with Crippen LogP contribution in [0.3, 0.4) is 0 Å². The van der Waals surface area contributed by atoms with Crippen LogP contribution >= 0.6 is 0 Å². The highest BCUT2D eigenvalue weighted by molar-refractivity contribution is 7.90. The Morgan fingerprint density at radius 2 is 1.29 bits per heavy atom. The van der Waals surface area contributed by atoms with Crippen molar-refractivity contribution in [1.82, 2.24) is 5.32 Å². The molecule has 0 heterocycles. The van der Waals surface area contributed by atoms with Crippen LogP contribution in [0, 0.1) is 0 Å². The number of hydrogen-bond acceptors (Lipinski definition) is 3. The van der Waals surface area contributed by atoms with Gasteiger partial charge in [-0.25, -0.2) is 8.42 Å². The van der Waals surface area contributed by atoms with Crippen molar-refractivity contribution in [2.24, 2.45) is 0 Å². The molecule has 3 nitrogen and oxygen atoms in total. The molecular weight excluding hydrogens is 282 g/mol. The standard InChI is InChI=1S/C17H21NO2S/c1-13(15-7-5-4-6-8-15)18-14(2)16-9-11-17(12-10-16)21(3,19)20/h4-14,18H,1-3H3/t13-,14?/m0/s1. The summed E-state index contributed by atoms with van der Waals surface area (Å²) in [7, 11) is -3.13. The van der Waals surface area contributed by atoms with Crippen LogP contribution in [0.15, 0.2) is 59.5 Å². The van der Waals surface area contributed by atoms with E-state index in [9.17, 15) is 8.42 Å². The van der Waals surface area contributed by atoms with E-state index in [1.165, 1.54) is 11.8 Å². The molecule has 0 aliphatic carbocycles. The van der Waals surface area contributed by atoms with E-state index >= 15 is 0 Å². The molecule has 2 aromatic rings. The number of nitrogens with one attached hydrogen (secondary N) is 1. The molecule has 0 fully saturated rings. The molecule has 0 radical (unpaired) electrons. The van der Waals surface area contributed by atoms with Crippen molar-refractivity contribution >= 4 is 9.84 Å². The molecule has 0 aliphatic rings. The third kappa shape index (κ3) is 4.16. The van der Waals surface area contributed by atoms with E-state index in [0.717, 1.165) is 5.56 Å². The molecule has 1 N–H and O–H groups in total. The molecule has 2 atom stereocenters. The molecule has 0 spiro atoms. The summed E-state index contributed by atoms with van der Waals surface area (Å²) in [6, 6.07) is 17.7. The molecule has 4 heteroatoms. The average molecular weight is 303 g/mol. The Morgan fingerprint density at radius 1 is 0.810 bits per heavy atom. The molecule has 2 rings (SSSR count). The van der Waals surface area contributed by atoms with E-state index in [1.54, 1.807) is 12.1 Å². The fraction of sp³-hybridized carbons (Fsp3) is 0.294. The van der Waals surface area contributed by atoms with Gasteiger partial charge in [0, 0.05) is 18.3 Å². The predicted molar refractivity (Wildman–Crippen MR) is 86.0 cm³/mol. The summed E-state index contributed by atoms with van der Waals surface area (Å²) in [5, 5.41) is 3.52. The van der Waals surface area contributed by atoms with Gasteiger partial charge in [-0.1, -0.05) is 42.5 Å². The SMILES string of the molecule is CC(N[C@@H](C)c1ccccc1)c1ccc(S(C)(=O)=O)cc1. The predicted octanol–water partition coefficient (Wildman–Crippen LogP) is 3.50. The van der Waals surface area contributed by atoms with Gasteiger partial charge in [0.25, 0.3) is 0 Å². The zero-order valence-electron chi connectivity index (χ0n) is 12.6. The van der Waals surface area contributed by atoms with Crippen LogP contribution in [0.5, 0.6) is 0 Å². The minimum absolute atomic E-state index is 0.147. The highest BCUT2D eigenvalue weighted by Gasteiger charge is 2.12. The summed E-state index contributed by atoms with van der Waals surface area (Å²) in [4.78, 5) is 0.356. The van der Waals surface area contributed by atoms with Crippen molar-refractivity contribution in [3.8, 4) is 0 Å². The largest absolute Gasteiger partial charge is 0.304 e. The first-order valence-electron chi connectivity index (χ1n) is 6.99. The zero-order valence-corrected chi connectivity index (χ0v) is 13.4. The van der Waals surface area contributed by atoms with Gasteiger partial charge in [0.2, 0.25) is 0 Å². The number of hydrogen-bond donors (Lipinski definition) is 1. The van der Waals surface area contributed by atoms with Crippen molar-refractivity contribution in [3.63, 3.8) is 0 Å².